The van der Waals surface area contributed by atoms with Crippen molar-refractivity contribution in [3.05, 3.63) is 71.8 Å². The molecule has 2 aromatic carbocycles. The Labute approximate surface area is 151 Å². The van der Waals surface area contributed by atoms with E-state index in [1.54, 1.807) is 4.90 Å². The lowest BCUT2D eigenvalue weighted by Crippen LogP contribution is -2.55. The predicted molar refractivity (Wildman–Crippen MR) is 99.9 cm³/mol. The molecule has 2 aromatic rings. The molecule has 130 valence electrons. The molecule has 25 heavy (non-hydrogen) atoms. The Bertz CT molecular complexity index is 724. The molecule has 5 nitrogen and oxygen atoms in total. The number of hydrogen-bond donors (Lipinski definition) is 2. The fourth-order valence-corrected chi connectivity index (χ4v) is 4.00. The Balaban J connectivity index is 1.72. The zero-order valence-electron chi connectivity index (χ0n) is 13.8. The first kappa shape index (κ1) is 17.5. The number of rotatable bonds is 7. The van der Waals surface area contributed by atoms with E-state index in [-0.39, 0.29) is 11.3 Å². The minimum atomic E-state index is -0.581. The van der Waals surface area contributed by atoms with Crippen LogP contribution in [0.2, 0.25) is 0 Å². The first-order valence-corrected chi connectivity index (χ1v) is 9.17. The van der Waals surface area contributed by atoms with Crippen LogP contribution in [0.5, 0.6) is 0 Å². The summed E-state index contributed by atoms with van der Waals surface area (Å²) >= 11 is 1.24. The van der Waals surface area contributed by atoms with Gasteiger partial charge < -0.3 is 16.0 Å². The van der Waals surface area contributed by atoms with E-state index >= 15 is 0 Å². The van der Waals surface area contributed by atoms with Crippen molar-refractivity contribution in [3.63, 3.8) is 0 Å². The first-order chi connectivity index (χ1) is 12.1. The Morgan fingerprint density at radius 3 is 2.32 bits per heavy atom. The molecule has 1 saturated heterocycles. The molecule has 1 aliphatic heterocycles. The smallest absolute Gasteiger partial charge is 0.282 e. The van der Waals surface area contributed by atoms with Gasteiger partial charge in [-0.15, -0.1) is 0 Å². The Morgan fingerprint density at radius 2 is 1.72 bits per heavy atom. The highest BCUT2D eigenvalue weighted by Gasteiger charge is 2.39. The molecule has 1 fully saturated rings. The van der Waals surface area contributed by atoms with Gasteiger partial charge in [0.05, 0.1) is 6.04 Å². The fourth-order valence-electron chi connectivity index (χ4n) is 2.95. The number of carbonyl (C=O) groups excluding carboxylic acids is 2. The molecule has 0 aliphatic carbocycles. The normalized spacial score (nSPS) is 18.3. The number of benzene rings is 2. The molecule has 6 heteroatoms. The molecule has 0 unspecified atom stereocenters. The van der Waals surface area contributed by atoms with Gasteiger partial charge in [0.1, 0.15) is 6.04 Å². The molecule has 3 rings (SSSR count). The van der Waals surface area contributed by atoms with Crippen molar-refractivity contribution in [1.29, 1.82) is 0 Å². The number of hydrogen-bond acceptors (Lipinski definition) is 4. The highest BCUT2D eigenvalue weighted by molar-refractivity contribution is 8.13. The van der Waals surface area contributed by atoms with E-state index in [0.717, 1.165) is 11.1 Å². The number of nitrogens with one attached hydrogen (secondary N) is 1. The van der Waals surface area contributed by atoms with Gasteiger partial charge in [-0.05, 0) is 11.1 Å². The second-order valence-electron chi connectivity index (χ2n) is 6.00. The highest BCUT2D eigenvalue weighted by Crippen LogP contribution is 2.28. The zero-order chi connectivity index (χ0) is 17.6. The van der Waals surface area contributed by atoms with Crippen LogP contribution in [0.25, 0.3) is 0 Å². The average molecular weight is 355 g/mol. The van der Waals surface area contributed by atoms with Gasteiger partial charge in [-0.2, -0.15) is 0 Å². The van der Waals surface area contributed by atoms with Crippen LogP contribution in [0.15, 0.2) is 60.7 Å². The van der Waals surface area contributed by atoms with Crippen LogP contribution < -0.4 is 11.1 Å². The maximum Gasteiger partial charge on any atom is 0.282 e. The molecular formula is C19H21N3O2S. The minimum absolute atomic E-state index is 0.0124. The number of amides is 2. The summed E-state index contributed by atoms with van der Waals surface area (Å²) < 4.78 is 0. The number of thioether (sulfide) groups is 1. The molecule has 0 radical (unpaired) electrons. The van der Waals surface area contributed by atoms with Crippen molar-refractivity contribution in [2.75, 3.05) is 5.75 Å². The highest BCUT2D eigenvalue weighted by atomic mass is 32.2. The van der Waals surface area contributed by atoms with Gasteiger partial charge in [0.2, 0.25) is 5.91 Å². The largest absolute Gasteiger partial charge is 0.368 e. The Hall–Kier alpha value is -2.31. The predicted octanol–water partition coefficient (Wildman–Crippen LogP) is 2.37. The molecule has 0 aromatic heterocycles. The SMILES string of the molecule is NC(=O)[C@H](NCc1ccccc1)[C@@H]1CSC(=O)N1Cc1ccccc1. The number of carbonyl (C=O) groups is 2. The van der Waals surface area contributed by atoms with E-state index in [1.165, 1.54) is 11.8 Å². The number of nitrogens with two attached hydrogens (primary N) is 1. The van der Waals surface area contributed by atoms with E-state index in [1.807, 2.05) is 60.7 Å². The minimum Gasteiger partial charge on any atom is -0.368 e. The van der Waals surface area contributed by atoms with Crippen molar-refractivity contribution in [2.45, 2.75) is 25.2 Å². The van der Waals surface area contributed by atoms with Crippen molar-refractivity contribution in [2.24, 2.45) is 5.73 Å². The molecule has 1 aliphatic rings. The van der Waals surface area contributed by atoms with Gasteiger partial charge in [-0.25, -0.2) is 0 Å². The summed E-state index contributed by atoms with van der Waals surface area (Å²) in [7, 11) is 0. The molecule has 2 atom stereocenters. The van der Waals surface area contributed by atoms with Crippen molar-refractivity contribution in [3.8, 4) is 0 Å². The molecule has 1 heterocycles. The van der Waals surface area contributed by atoms with Gasteiger partial charge in [0.25, 0.3) is 5.24 Å². The van der Waals surface area contributed by atoms with Crippen LogP contribution in [0, 0.1) is 0 Å². The third-order valence-corrected chi connectivity index (χ3v) is 5.26. The fraction of sp³-hybridized carbons (Fsp3) is 0.263. The Morgan fingerprint density at radius 1 is 1.12 bits per heavy atom. The summed E-state index contributed by atoms with van der Waals surface area (Å²) in [5, 5.41) is 3.22. The average Bonchev–Trinajstić information content (AvgIpc) is 2.97. The van der Waals surface area contributed by atoms with E-state index in [9.17, 15) is 9.59 Å². The van der Waals surface area contributed by atoms with Gasteiger partial charge in [0, 0.05) is 18.8 Å². The van der Waals surface area contributed by atoms with E-state index < -0.39 is 11.9 Å². The van der Waals surface area contributed by atoms with Gasteiger partial charge in [-0.3, -0.25) is 9.59 Å². The van der Waals surface area contributed by atoms with Crippen molar-refractivity contribution < 1.29 is 9.59 Å². The van der Waals surface area contributed by atoms with E-state index in [2.05, 4.69) is 5.32 Å². The molecule has 0 spiro atoms. The Kier molecular flexibility index (Phi) is 5.73. The van der Waals surface area contributed by atoms with Crippen LogP contribution in [0.1, 0.15) is 11.1 Å². The summed E-state index contributed by atoms with van der Waals surface area (Å²) in [6, 6.07) is 18.8. The van der Waals surface area contributed by atoms with Crippen LogP contribution in [-0.2, 0) is 17.9 Å². The summed E-state index contributed by atoms with van der Waals surface area (Å²) in [5.41, 5.74) is 7.74. The molecular weight excluding hydrogens is 334 g/mol. The summed E-state index contributed by atoms with van der Waals surface area (Å²) in [6.45, 7) is 1.01. The number of nitrogens with zero attached hydrogens (tertiary/aromatic N) is 1. The van der Waals surface area contributed by atoms with Gasteiger partial charge in [0.15, 0.2) is 0 Å². The lowest BCUT2D eigenvalue weighted by Gasteiger charge is -2.30. The van der Waals surface area contributed by atoms with Gasteiger partial charge >= 0.3 is 0 Å². The van der Waals surface area contributed by atoms with Crippen molar-refractivity contribution >= 4 is 22.9 Å². The summed E-state index contributed by atoms with van der Waals surface area (Å²) in [4.78, 5) is 26.1. The first-order valence-electron chi connectivity index (χ1n) is 8.19. The third-order valence-electron chi connectivity index (χ3n) is 4.27. The lowest BCUT2D eigenvalue weighted by atomic mass is 10.1. The second-order valence-corrected chi connectivity index (χ2v) is 6.98. The van der Waals surface area contributed by atoms with Crippen LogP contribution >= 0.6 is 11.8 Å². The van der Waals surface area contributed by atoms with Crippen LogP contribution in [0.3, 0.4) is 0 Å². The summed E-state index contributed by atoms with van der Waals surface area (Å²) in [6.07, 6.45) is 0. The molecule has 2 amide bonds. The van der Waals surface area contributed by atoms with Crippen LogP contribution in [0.4, 0.5) is 4.79 Å². The van der Waals surface area contributed by atoms with Crippen LogP contribution in [-0.4, -0.2) is 33.9 Å². The maximum absolute atomic E-state index is 12.3. The monoisotopic (exact) mass is 355 g/mol. The third kappa shape index (κ3) is 4.41. The summed E-state index contributed by atoms with van der Waals surface area (Å²) in [5.74, 6) is 0.121. The van der Waals surface area contributed by atoms with Gasteiger partial charge in [-0.1, -0.05) is 72.4 Å². The standard InChI is InChI=1S/C19H21N3O2S/c20-18(23)17(21-11-14-7-3-1-4-8-14)16-13-25-19(24)22(16)12-15-9-5-2-6-10-15/h1-10,16-17,21H,11-13H2,(H2,20,23)/t16-,17+/m0/s1. The second kappa shape index (κ2) is 8.18. The zero-order valence-corrected chi connectivity index (χ0v) is 14.6. The molecule has 0 saturated carbocycles. The van der Waals surface area contributed by atoms with Crippen molar-refractivity contribution in [1.82, 2.24) is 10.2 Å². The topological polar surface area (TPSA) is 75.4 Å². The maximum atomic E-state index is 12.3. The van der Waals surface area contributed by atoms with E-state index in [0.29, 0.717) is 18.8 Å². The quantitative estimate of drug-likeness (QED) is 0.799. The number of primary amides is 1. The molecule has 3 N–H and O–H groups in total. The molecule has 0 bridgehead atoms. The van der Waals surface area contributed by atoms with E-state index in [4.69, 9.17) is 5.73 Å². The lowest BCUT2D eigenvalue weighted by molar-refractivity contribution is -0.121.